The number of esters is 1. The Bertz CT molecular complexity index is 613. The maximum Gasteiger partial charge on any atom is 0.317 e. The number of methoxy groups -OCH3 is 1. The van der Waals surface area contributed by atoms with Gasteiger partial charge in [-0.25, -0.2) is 0 Å². The number of carbonyl (C=O) groups excluding carboxylic acids is 1. The van der Waals surface area contributed by atoms with Gasteiger partial charge in [-0.1, -0.05) is 48.5 Å². The summed E-state index contributed by atoms with van der Waals surface area (Å²) in [5, 5.41) is 0. The molecule has 1 atom stereocenters. The summed E-state index contributed by atoms with van der Waals surface area (Å²) in [6.45, 7) is 0.151. The van der Waals surface area contributed by atoms with Crippen molar-refractivity contribution in [2.24, 2.45) is 5.73 Å². The Labute approximate surface area is 124 Å². The lowest BCUT2D eigenvalue weighted by molar-refractivity contribution is -0.147. The predicted molar refractivity (Wildman–Crippen MR) is 83.7 cm³/mol. The number of carbonyl (C=O) groups is 1. The predicted octanol–water partition coefficient (Wildman–Crippen LogP) is 1.88. The molecule has 0 saturated heterocycles. The van der Waals surface area contributed by atoms with Gasteiger partial charge in [-0.2, -0.15) is 0 Å². The molecule has 4 N–H and O–H groups in total. The number of hydrogen-bond donors (Lipinski definition) is 2. The quantitative estimate of drug-likeness (QED) is 0.649. The molecule has 2 aromatic carbocycles. The Balaban J connectivity index is 2.51. The minimum atomic E-state index is -0.925. The van der Waals surface area contributed by atoms with Crippen LogP contribution in [0.25, 0.3) is 0 Å². The number of para-hydroxylation sites is 1. The van der Waals surface area contributed by atoms with E-state index < -0.39 is 5.41 Å². The van der Waals surface area contributed by atoms with Crippen LogP contribution in [0, 0.1) is 0 Å². The molecular weight excluding hydrogens is 264 g/mol. The molecule has 0 aliphatic rings. The van der Waals surface area contributed by atoms with E-state index in [1.165, 1.54) is 7.11 Å². The first-order chi connectivity index (χ1) is 10.1. The van der Waals surface area contributed by atoms with Gasteiger partial charge in [-0.15, -0.1) is 0 Å². The standard InChI is InChI=1S/C17H20N2O2/c1-21-16(20)17(12-18,14-8-3-2-4-9-14)11-13-7-5-6-10-15(13)19/h2-10H,11-12,18-19H2,1H3. The van der Waals surface area contributed by atoms with E-state index in [4.69, 9.17) is 16.2 Å². The number of hydrogen-bond acceptors (Lipinski definition) is 4. The first-order valence-corrected chi connectivity index (χ1v) is 6.81. The Kier molecular flexibility index (Phi) is 4.60. The van der Waals surface area contributed by atoms with Gasteiger partial charge in [0, 0.05) is 12.2 Å². The topological polar surface area (TPSA) is 78.3 Å². The molecule has 21 heavy (non-hydrogen) atoms. The summed E-state index contributed by atoms with van der Waals surface area (Å²) in [5.74, 6) is -0.348. The van der Waals surface area contributed by atoms with Gasteiger partial charge in [0.1, 0.15) is 5.41 Å². The molecule has 0 radical (unpaired) electrons. The smallest absolute Gasteiger partial charge is 0.317 e. The van der Waals surface area contributed by atoms with Crippen molar-refractivity contribution in [1.29, 1.82) is 0 Å². The van der Waals surface area contributed by atoms with Crippen LogP contribution < -0.4 is 11.5 Å². The van der Waals surface area contributed by atoms with Gasteiger partial charge in [0.2, 0.25) is 0 Å². The highest BCUT2D eigenvalue weighted by atomic mass is 16.5. The molecule has 1 unspecified atom stereocenters. The lowest BCUT2D eigenvalue weighted by Crippen LogP contribution is -2.45. The van der Waals surface area contributed by atoms with Crippen molar-refractivity contribution in [3.8, 4) is 0 Å². The molecule has 0 spiro atoms. The van der Waals surface area contributed by atoms with Crippen LogP contribution in [0.2, 0.25) is 0 Å². The number of benzene rings is 2. The second-order valence-corrected chi connectivity index (χ2v) is 5.02. The van der Waals surface area contributed by atoms with Crippen molar-refractivity contribution in [2.75, 3.05) is 19.4 Å². The van der Waals surface area contributed by atoms with Gasteiger partial charge in [0.05, 0.1) is 7.11 Å². The third kappa shape index (κ3) is 2.90. The fraction of sp³-hybridized carbons (Fsp3) is 0.235. The van der Waals surface area contributed by atoms with E-state index >= 15 is 0 Å². The van der Waals surface area contributed by atoms with Crippen LogP contribution in [-0.2, 0) is 21.4 Å². The van der Waals surface area contributed by atoms with Crippen molar-refractivity contribution in [1.82, 2.24) is 0 Å². The molecule has 2 aromatic rings. The third-order valence-electron chi connectivity index (χ3n) is 3.80. The summed E-state index contributed by atoms with van der Waals surface area (Å²) in [5.41, 5.74) is 13.4. The zero-order valence-electron chi connectivity index (χ0n) is 12.1. The fourth-order valence-corrected chi connectivity index (χ4v) is 2.54. The van der Waals surface area contributed by atoms with Crippen molar-refractivity contribution in [3.63, 3.8) is 0 Å². The van der Waals surface area contributed by atoms with Gasteiger partial charge in [-0.05, 0) is 23.6 Å². The van der Waals surface area contributed by atoms with Crippen LogP contribution in [0.4, 0.5) is 5.69 Å². The molecule has 0 aromatic heterocycles. The maximum atomic E-state index is 12.4. The van der Waals surface area contributed by atoms with Crippen molar-refractivity contribution in [3.05, 3.63) is 65.7 Å². The summed E-state index contributed by atoms with van der Waals surface area (Å²) in [4.78, 5) is 12.4. The number of ether oxygens (including phenoxy) is 1. The number of anilines is 1. The molecule has 0 fully saturated rings. The minimum absolute atomic E-state index is 0.151. The summed E-state index contributed by atoms with van der Waals surface area (Å²) in [7, 11) is 1.38. The van der Waals surface area contributed by atoms with Crippen LogP contribution in [0.1, 0.15) is 11.1 Å². The molecule has 2 rings (SSSR count). The number of rotatable bonds is 5. The van der Waals surface area contributed by atoms with E-state index in [0.29, 0.717) is 12.1 Å². The minimum Gasteiger partial charge on any atom is -0.468 e. The Morgan fingerprint density at radius 3 is 2.29 bits per heavy atom. The SMILES string of the molecule is COC(=O)C(CN)(Cc1ccccc1N)c1ccccc1. The van der Waals surface area contributed by atoms with E-state index in [2.05, 4.69) is 0 Å². The average molecular weight is 284 g/mol. The van der Waals surface area contributed by atoms with Crippen molar-refractivity contribution >= 4 is 11.7 Å². The highest BCUT2D eigenvalue weighted by Gasteiger charge is 2.40. The van der Waals surface area contributed by atoms with Gasteiger partial charge in [-0.3, -0.25) is 4.79 Å². The van der Waals surface area contributed by atoms with Gasteiger partial charge in [0.15, 0.2) is 0 Å². The molecule has 110 valence electrons. The normalized spacial score (nSPS) is 13.4. The molecule has 0 bridgehead atoms. The van der Waals surface area contributed by atoms with Crippen LogP contribution >= 0.6 is 0 Å². The van der Waals surface area contributed by atoms with E-state index in [0.717, 1.165) is 11.1 Å². The van der Waals surface area contributed by atoms with Gasteiger partial charge < -0.3 is 16.2 Å². The second-order valence-electron chi connectivity index (χ2n) is 5.02. The fourth-order valence-electron chi connectivity index (χ4n) is 2.54. The van der Waals surface area contributed by atoms with E-state index in [1.54, 1.807) is 0 Å². The van der Waals surface area contributed by atoms with Crippen LogP contribution in [0.5, 0.6) is 0 Å². The van der Waals surface area contributed by atoms with Crippen molar-refractivity contribution < 1.29 is 9.53 Å². The first kappa shape index (κ1) is 15.1. The molecule has 0 heterocycles. The average Bonchev–Trinajstić information content (AvgIpc) is 2.54. The summed E-state index contributed by atoms with van der Waals surface area (Å²) in [6.07, 6.45) is 0.410. The largest absolute Gasteiger partial charge is 0.468 e. The zero-order chi connectivity index (χ0) is 15.3. The molecule has 4 heteroatoms. The highest BCUT2D eigenvalue weighted by Crippen LogP contribution is 2.31. The maximum absolute atomic E-state index is 12.4. The first-order valence-electron chi connectivity index (χ1n) is 6.81. The lowest BCUT2D eigenvalue weighted by atomic mass is 9.75. The Morgan fingerprint density at radius 1 is 1.10 bits per heavy atom. The van der Waals surface area contributed by atoms with Crippen LogP contribution in [0.15, 0.2) is 54.6 Å². The molecule has 0 aliphatic heterocycles. The lowest BCUT2D eigenvalue weighted by Gasteiger charge is -2.30. The van der Waals surface area contributed by atoms with Gasteiger partial charge in [0.25, 0.3) is 0 Å². The molecule has 0 saturated carbocycles. The Morgan fingerprint density at radius 2 is 1.71 bits per heavy atom. The van der Waals surface area contributed by atoms with Crippen LogP contribution in [0.3, 0.4) is 0 Å². The molecular formula is C17H20N2O2. The Hall–Kier alpha value is -2.33. The summed E-state index contributed by atoms with van der Waals surface area (Å²) < 4.78 is 5.01. The van der Waals surface area contributed by atoms with E-state index in [1.807, 2.05) is 54.6 Å². The molecule has 0 aliphatic carbocycles. The van der Waals surface area contributed by atoms with E-state index in [9.17, 15) is 4.79 Å². The van der Waals surface area contributed by atoms with E-state index in [-0.39, 0.29) is 12.5 Å². The van der Waals surface area contributed by atoms with Crippen LogP contribution in [-0.4, -0.2) is 19.6 Å². The number of nitrogens with two attached hydrogens (primary N) is 2. The zero-order valence-corrected chi connectivity index (χ0v) is 12.1. The van der Waals surface area contributed by atoms with Crippen molar-refractivity contribution in [2.45, 2.75) is 11.8 Å². The summed E-state index contributed by atoms with van der Waals surface area (Å²) >= 11 is 0. The molecule has 0 amide bonds. The molecule has 4 nitrogen and oxygen atoms in total. The second kappa shape index (κ2) is 6.41. The highest BCUT2D eigenvalue weighted by molar-refractivity contribution is 5.84. The summed E-state index contributed by atoms with van der Waals surface area (Å²) in [6, 6.07) is 16.9. The monoisotopic (exact) mass is 284 g/mol. The van der Waals surface area contributed by atoms with Gasteiger partial charge >= 0.3 is 5.97 Å². The third-order valence-corrected chi connectivity index (χ3v) is 3.80. The number of nitrogen functional groups attached to an aromatic ring is 1.